The number of nitrogens with one attached hydrogen (secondary N) is 1. The van der Waals surface area contributed by atoms with Gasteiger partial charge in [-0.1, -0.05) is 6.07 Å². The number of hydrogen-bond acceptors (Lipinski definition) is 3. The molecule has 0 spiro atoms. The number of piperidine rings is 1. The summed E-state index contributed by atoms with van der Waals surface area (Å²) >= 11 is 0. The Kier molecular flexibility index (Phi) is 5.48. The maximum absolute atomic E-state index is 13.7. The minimum absolute atomic E-state index is 0.195. The van der Waals surface area contributed by atoms with Crippen LogP contribution < -0.4 is 5.32 Å². The number of likely N-dealkylation sites (tertiary alicyclic amines) is 1. The van der Waals surface area contributed by atoms with Gasteiger partial charge in [-0.3, -0.25) is 0 Å². The van der Waals surface area contributed by atoms with Crippen LogP contribution in [-0.2, 0) is 11.3 Å². The van der Waals surface area contributed by atoms with Crippen LogP contribution in [0.2, 0.25) is 0 Å². The number of rotatable bonds is 3. The maximum Gasteiger partial charge on any atom is 0.410 e. The Morgan fingerprint density at radius 1 is 1.29 bits per heavy atom. The second kappa shape index (κ2) is 7.05. The van der Waals surface area contributed by atoms with Crippen molar-refractivity contribution in [2.24, 2.45) is 0 Å². The predicted octanol–water partition coefficient (Wildman–Crippen LogP) is 3.84. The van der Waals surface area contributed by atoms with E-state index >= 15 is 0 Å². The summed E-state index contributed by atoms with van der Waals surface area (Å²) in [6, 6.07) is 3.61. The summed E-state index contributed by atoms with van der Waals surface area (Å²) in [6.07, 6.45) is 1.19. The molecule has 0 atom stereocenters. The highest BCUT2D eigenvalue weighted by molar-refractivity contribution is 5.68. The molecule has 24 heavy (non-hydrogen) atoms. The molecule has 0 aromatic heterocycles. The van der Waals surface area contributed by atoms with Crippen LogP contribution >= 0.6 is 0 Å². The van der Waals surface area contributed by atoms with Crippen molar-refractivity contribution < 1.29 is 18.3 Å². The van der Waals surface area contributed by atoms with Gasteiger partial charge in [0.15, 0.2) is 0 Å². The summed E-state index contributed by atoms with van der Waals surface area (Å²) in [6.45, 7) is 9.10. The minimum Gasteiger partial charge on any atom is -0.444 e. The molecule has 0 bridgehead atoms. The Morgan fingerprint density at radius 3 is 2.46 bits per heavy atom. The first-order valence-electron chi connectivity index (χ1n) is 8.25. The van der Waals surface area contributed by atoms with Gasteiger partial charge in [0.1, 0.15) is 17.2 Å². The van der Waals surface area contributed by atoms with E-state index in [4.69, 9.17) is 4.74 Å². The highest BCUT2D eigenvalue weighted by atomic mass is 19.1. The van der Waals surface area contributed by atoms with Gasteiger partial charge in [-0.05, 0) is 46.6 Å². The Balaban J connectivity index is 1.87. The first-order valence-corrected chi connectivity index (χ1v) is 8.25. The second-order valence-corrected chi connectivity index (χ2v) is 7.62. The third kappa shape index (κ3) is 5.16. The van der Waals surface area contributed by atoms with Crippen molar-refractivity contribution >= 4 is 6.09 Å². The fourth-order valence-corrected chi connectivity index (χ4v) is 2.66. The first-order chi connectivity index (χ1) is 11.1. The molecule has 0 saturated carbocycles. The maximum atomic E-state index is 13.7. The van der Waals surface area contributed by atoms with Gasteiger partial charge >= 0.3 is 6.09 Å². The number of carbonyl (C=O) groups excluding carboxylic acids is 1. The van der Waals surface area contributed by atoms with Crippen molar-refractivity contribution in [2.75, 3.05) is 13.1 Å². The number of nitrogens with zero attached hydrogens (tertiary/aromatic N) is 1. The molecule has 6 heteroatoms. The van der Waals surface area contributed by atoms with E-state index in [-0.39, 0.29) is 11.6 Å². The highest BCUT2D eigenvalue weighted by Gasteiger charge is 2.33. The lowest BCUT2D eigenvalue weighted by Crippen LogP contribution is -2.53. The fraction of sp³-hybridized carbons (Fsp3) is 0.611. The van der Waals surface area contributed by atoms with Gasteiger partial charge in [0, 0.05) is 36.8 Å². The largest absolute Gasteiger partial charge is 0.444 e. The molecule has 1 amide bonds. The van der Waals surface area contributed by atoms with E-state index in [1.165, 1.54) is 12.1 Å². The van der Waals surface area contributed by atoms with Crippen LogP contribution in [0.1, 0.15) is 46.1 Å². The summed E-state index contributed by atoms with van der Waals surface area (Å²) in [5.41, 5.74) is -0.262. The van der Waals surface area contributed by atoms with E-state index in [1.807, 2.05) is 20.8 Å². The minimum atomic E-state index is -0.576. The Labute approximate surface area is 142 Å². The molecule has 134 valence electrons. The lowest BCUT2D eigenvalue weighted by atomic mass is 9.89. The average molecular weight is 340 g/mol. The molecular formula is C18H26F2N2O2. The average Bonchev–Trinajstić information content (AvgIpc) is 2.45. The number of ether oxygens (including phenoxy) is 1. The zero-order chi connectivity index (χ0) is 18.0. The van der Waals surface area contributed by atoms with Crippen molar-refractivity contribution in [2.45, 2.75) is 58.2 Å². The number of benzene rings is 1. The van der Waals surface area contributed by atoms with Crippen LogP contribution in [0.3, 0.4) is 0 Å². The zero-order valence-electron chi connectivity index (χ0n) is 14.8. The lowest BCUT2D eigenvalue weighted by molar-refractivity contribution is 0.0156. The Bertz CT molecular complexity index is 591. The van der Waals surface area contributed by atoms with E-state index < -0.39 is 17.2 Å². The van der Waals surface area contributed by atoms with Crippen molar-refractivity contribution in [1.82, 2.24) is 10.2 Å². The predicted molar refractivity (Wildman–Crippen MR) is 88.6 cm³/mol. The molecule has 1 saturated heterocycles. The lowest BCUT2D eigenvalue weighted by Gasteiger charge is -2.40. The van der Waals surface area contributed by atoms with Crippen LogP contribution in [0.25, 0.3) is 0 Å². The van der Waals surface area contributed by atoms with Gasteiger partial charge in [0.2, 0.25) is 0 Å². The molecule has 0 radical (unpaired) electrons. The van der Waals surface area contributed by atoms with Gasteiger partial charge in [0.05, 0.1) is 0 Å². The standard InChI is InChI=1S/C18H26F2N2O2/c1-17(2,3)24-16(23)22-9-7-18(4,8-10-22)21-12-13-5-6-14(19)11-15(13)20/h5-6,11,21H,7-10,12H2,1-4H3. The number of halogens is 2. The van der Waals surface area contributed by atoms with Gasteiger partial charge in [-0.25, -0.2) is 13.6 Å². The molecule has 0 unspecified atom stereocenters. The normalized spacial score (nSPS) is 17.7. The van der Waals surface area contributed by atoms with Crippen molar-refractivity contribution in [3.05, 3.63) is 35.4 Å². The molecule has 2 rings (SSSR count). The van der Waals surface area contributed by atoms with E-state index in [0.29, 0.717) is 25.2 Å². The van der Waals surface area contributed by atoms with Crippen LogP contribution in [0, 0.1) is 11.6 Å². The molecule has 1 fully saturated rings. The highest BCUT2D eigenvalue weighted by Crippen LogP contribution is 2.24. The van der Waals surface area contributed by atoms with Crippen molar-refractivity contribution in [3.63, 3.8) is 0 Å². The molecule has 1 aliphatic rings. The van der Waals surface area contributed by atoms with Gasteiger partial charge in [-0.2, -0.15) is 0 Å². The number of hydrogen-bond donors (Lipinski definition) is 1. The third-order valence-corrected chi connectivity index (χ3v) is 4.24. The van der Waals surface area contributed by atoms with E-state index in [0.717, 1.165) is 18.9 Å². The van der Waals surface area contributed by atoms with Crippen molar-refractivity contribution in [3.8, 4) is 0 Å². The molecule has 4 nitrogen and oxygen atoms in total. The first kappa shape index (κ1) is 18.6. The molecular weight excluding hydrogens is 314 g/mol. The monoisotopic (exact) mass is 340 g/mol. The second-order valence-electron chi connectivity index (χ2n) is 7.62. The van der Waals surface area contributed by atoms with Gasteiger partial charge in [-0.15, -0.1) is 0 Å². The summed E-state index contributed by atoms with van der Waals surface area (Å²) in [4.78, 5) is 13.8. The van der Waals surface area contributed by atoms with Gasteiger partial charge in [0.25, 0.3) is 0 Å². The number of amides is 1. The van der Waals surface area contributed by atoms with Crippen LogP contribution in [0.4, 0.5) is 13.6 Å². The number of carbonyl (C=O) groups is 1. The summed E-state index contributed by atoms with van der Waals surface area (Å²) < 4.78 is 32.0. The molecule has 1 aromatic rings. The van der Waals surface area contributed by atoms with E-state index in [1.54, 1.807) is 4.90 Å². The topological polar surface area (TPSA) is 41.6 Å². The molecule has 1 aliphatic heterocycles. The summed E-state index contributed by atoms with van der Waals surface area (Å²) in [5, 5.41) is 3.34. The van der Waals surface area contributed by atoms with E-state index in [2.05, 4.69) is 12.2 Å². The van der Waals surface area contributed by atoms with E-state index in [9.17, 15) is 13.6 Å². The van der Waals surface area contributed by atoms with Crippen LogP contribution in [0.15, 0.2) is 18.2 Å². The zero-order valence-corrected chi connectivity index (χ0v) is 14.8. The quantitative estimate of drug-likeness (QED) is 0.909. The van der Waals surface area contributed by atoms with Crippen molar-refractivity contribution in [1.29, 1.82) is 0 Å². The fourth-order valence-electron chi connectivity index (χ4n) is 2.66. The van der Waals surface area contributed by atoms with Crippen LogP contribution in [0.5, 0.6) is 0 Å². The Morgan fingerprint density at radius 2 is 1.92 bits per heavy atom. The van der Waals surface area contributed by atoms with Gasteiger partial charge < -0.3 is 15.0 Å². The molecule has 1 N–H and O–H groups in total. The molecule has 0 aliphatic carbocycles. The molecule has 1 heterocycles. The van der Waals surface area contributed by atoms with Crippen LogP contribution in [-0.4, -0.2) is 35.2 Å². The third-order valence-electron chi connectivity index (χ3n) is 4.24. The smallest absolute Gasteiger partial charge is 0.410 e. The summed E-state index contributed by atoms with van der Waals surface area (Å²) in [5.74, 6) is -1.12. The molecule has 1 aromatic carbocycles. The summed E-state index contributed by atoms with van der Waals surface area (Å²) in [7, 11) is 0. The Hall–Kier alpha value is -1.69. The SMILES string of the molecule is CC1(NCc2ccc(F)cc2F)CCN(C(=O)OC(C)(C)C)CC1.